The summed E-state index contributed by atoms with van der Waals surface area (Å²) in [5.41, 5.74) is 4.31. The molecule has 58 valence electrons. The number of hydrogen-bond acceptors (Lipinski definition) is 0. The molecule has 10 heavy (non-hydrogen) atoms. The van der Waals surface area contributed by atoms with Crippen LogP contribution in [0.2, 0.25) is 12.1 Å². The Hall–Kier alpha value is -0.303. The maximum absolute atomic E-state index is 3.88. The van der Waals surface area contributed by atoms with E-state index in [1.165, 1.54) is 18.5 Å². The molecule has 0 aromatic heterocycles. The molecule has 1 heteroatoms. The van der Waals surface area contributed by atoms with Gasteiger partial charge in [-0.05, 0) is 0 Å². The summed E-state index contributed by atoms with van der Waals surface area (Å²) in [5.74, 6) is 0. The fourth-order valence-electron chi connectivity index (χ4n) is 1.22. The van der Waals surface area contributed by atoms with Gasteiger partial charge in [-0.25, -0.2) is 0 Å². The van der Waals surface area contributed by atoms with Crippen molar-refractivity contribution in [1.29, 1.82) is 0 Å². The van der Waals surface area contributed by atoms with Gasteiger partial charge in [-0.2, -0.15) is 0 Å². The van der Waals surface area contributed by atoms with Crippen molar-refractivity contribution in [3.05, 3.63) is 24.6 Å². The van der Waals surface area contributed by atoms with Crippen LogP contribution in [-0.2, 0) is 0 Å². The molecule has 0 aromatic rings. The molecule has 0 aliphatic heterocycles. The van der Waals surface area contributed by atoms with Crippen LogP contribution >= 0.6 is 0 Å². The highest BCUT2D eigenvalue weighted by Crippen LogP contribution is 2.19. The molecule has 0 unspecified atom stereocenters. The average molecular weight is 154 g/mol. The molecule has 0 bridgehead atoms. The number of hydrogen-bond donors (Lipinski definition) is 0. The zero-order valence-corrected chi connectivity index (χ0v) is 8.19. The summed E-state index contributed by atoms with van der Waals surface area (Å²) < 4.78 is 0. The fraction of sp³-hybridized carbons (Fsp3) is 0.556. The minimum Gasteiger partial charge on any atom is -0.107 e. The van der Waals surface area contributed by atoms with Crippen LogP contribution in [0.3, 0.4) is 0 Å². The molecule has 0 atom stereocenters. The largest absolute Gasteiger partial charge is 0.107 e. The third-order valence-corrected chi connectivity index (χ3v) is 6.56. The van der Waals surface area contributed by atoms with Gasteiger partial charge < -0.3 is 0 Å². The maximum atomic E-state index is 3.88. The highest BCUT2D eigenvalue weighted by atomic mass is 28.3. The Morgan fingerprint density at radius 1 is 1.20 bits per heavy atom. The van der Waals surface area contributed by atoms with Crippen molar-refractivity contribution in [2.75, 3.05) is 0 Å². The molecule has 0 aliphatic carbocycles. The van der Waals surface area contributed by atoms with Crippen molar-refractivity contribution < 1.29 is 0 Å². The summed E-state index contributed by atoms with van der Waals surface area (Å²) >= 11 is 0. The zero-order valence-electron chi connectivity index (χ0n) is 7.19. The van der Waals surface area contributed by atoms with E-state index in [2.05, 4.69) is 38.4 Å². The van der Waals surface area contributed by atoms with Gasteiger partial charge in [0.15, 0.2) is 0 Å². The Morgan fingerprint density at radius 3 is 1.80 bits per heavy atom. The van der Waals surface area contributed by atoms with Crippen LogP contribution in [-0.4, -0.2) is 8.07 Å². The SMILES string of the molecule is C=C[Si](C=C)(CC)CCC. The topological polar surface area (TPSA) is 0 Å². The summed E-state index contributed by atoms with van der Waals surface area (Å²) in [5, 5.41) is 0. The second-order valence-electron chi connectivity index (χ2n) is 2.74. The molecular formula is C9H18Si. The van der Waals surface area contributed by atoms with Crippen molar-refractivity contribution in [2.45, 2.75) is 32.4 Å². The Bertz CT molecular complexity index is 108. The van der Waals surface area contributed by atoms with Crippen molar-refractivity contribution in [2.24, 2.45) is 0 Å². The van der Waals surface area contributed by atoms with Crippen LogP contribution in [0.5, 0.6) is 0 Å². The molecular weight excluding hydrogens is 136 g/mol. The van der Waals surface area contributed by atoms with Crippen molar-refractivity contribution in [3.8, 4) is 0 Å². The van der Waals surface area contributed by atoms with E-state index in [1.54, 1.807) is 0 Å². The minimum absolute atomic E-state index is 1.19. The van der Waals surface area contributed by atoms with E-state index in [0.29, 0.717) is 0 Å². The summed E-state index contributed by atoms with van der Waals surface area (Å²) in [6.07, 6.45) is 1.26. The van der Waals surface area contributed by atoms with E-state index >= 15 is 0 Å². The van der Waals surface area contributed by atoms with Gasteiger partial charge in [0, 0.05) is 0 Å². The predicted octanol–water partition coefficient (Wildman–Crippen LogP) is 3.32. The highest BCUT2D eigenvalue weighted by molar-refractivity contribution is 6.88. The standard InChI is InChI=1S/C9H18Si/c1-5-9-10(6-2,7-3)8-4/h6-7H,2-3,5,8-9H2,1,4H3. The van der Waals surface area contributed by atoms with Crippen LogP contribution in [0.15, 0.2) is 24.6 Å². The molecule has 0 saturated carbocycles. The molecule has 0 fully saturated rings. The monoisotopic (exact) mass is 154 g/mol. The highest BCUT2D eigenvalue weighted by Gasteiger charge is 2.20. The second kappa shape index (κ2) is 4.50. The van der Waals surface area contributed by atoms with Gasteiger partial charge in [-0.15, -0.1) is 13.2 Å². The molecule has 0 N–H and O–H groups in total. The van der Waals surface area contributed by atoms with E-state index in [1.807, 2.05) is 0 Å². The van der Waals surface area contributed by atoms with Crippen molar-refractivity contribution in [1.82, 2.24) is 0 Å². The van der Waals surface area contributed by atoms with E-state index in [4.69, 9.17) is 0 Å². The summed E-state index contributed by atoms with van der Waals surface area (Å²) in [7, 11) is -1.19. The summed E-state index contributed by atoms with van der Waals surface area (Å²) in [6, 6.07) is 2.57. The Balaban J connectivity index is 4.14. The normalized spacial score (nSPS) is 11.0. The maximum Gasteiger partial charge on any atom is 0.100 e. The van der Waals surface area contributed by atoms with Gasteiger partial charge in [-0.3, -0.25) is 0 Å². The summed E-state index contributed by atoms with van der Waals surface area (Å²) in [4.78, 5) is 0. The first-order valence-electron chi connectivity index (χ1n) is 4.02. The molecule has 0 aliphatic rings. The van der Waals surface area contributed by atoms with E-state index < -0.39 is 8.07 Å². The third-order valence-electron chi connectivity index (χ3n) is 2.19. The lowest BCUT2D eigenvalue weighted by molar-refractivity contribution is 1.04. The third kappa shape index (κ3) is 2.14. The number of rotatable bonds is 5. The van der Waals surface area contributed by atoms with Crippen LogP contribution in [0.4, 0.5) is 0 Å². The second-order valence-corrected chi connectivity index (χ2v) is 7.23. The average Bonchev–Trinajstić information content (AvgIpc) is 2.01. The van der Waals surface area contributed by atoms with E-state index in [0.717, 1.165) is 0 Å². The van der Waals surface area contributed by atoms with Crippen LogP contribution in [0.25, 0.3) is 0 Å². The first-order valence-corrected chi connectivity index (χ1v) is 6.58. The smallest absolute Gasteiger partial charge is 0.100 e. The molecule has 0 heterocycles. The van der Waals surface area contributed by atoms with Crippen molar-refractivity contribution >= 4 is 8.07 Å². The van der Waals surface area contributed by atoms with Gasteiger partial charge in [0.2, 0.25) is 0 Å². The van der Waals surface area contributed by atoms with Crippen LogP contribution < -0.4 is 0 Å². The minimum atomic E-state index is -1.19. The lowest BCUT2D eigenvalue weighted by atomic mass is 10.6. The Morgan fingerprint density at radius 2 is 1.70 bits per heavy atom. The zero-order chi connectivity index (χ0) is 8.04. The van der Waals surface area contributed by atoms with E-state index in [-0.39, 0.29) is 0 Å². The molecule has 0 rings (SSSR count). The van der Waals surface area contributed by atoms with Gasteiger partial charge in [0.1, 0.15) is 8.07 Å². The first kappa shape index (κ1) is 9.70. The lowest BCUT2D eigenvalue weighted by Gasteiger charge is -2.20. The predicted molar refractivity (Wildman–Crippen MR) is 51.7 cm³/mol. The molecule has 0 nitrogen and oxygen atoms in total. The van der Waals surface area contributed by atoms with Gasteiger partial charge in [-0.1, -0.05) is 43.8 Å². The molecule has 0 radical (unpaired) electrons. The van der Waals surface area contributed by atoms with Gasteiger partial charge >= 0.3 is 0 Å². The van der Waals surface area contributed by atoms with Gasteiger partial charge in [0.05, 0.1) is 0 Å². The molecule has 0 amide bonds. The lowest BCUT2D eigenvalue weighted by Crippen LogP contribution is -2.27. The van der Waals surface area contributed by atoms with Crippen LogP contribution in [0, 0.1) is 0 Å². The van der Waals surface area contributed by atoms with E-state index in [9.17, 15) is 0 Å². The quantitative estimate of drug-likeness (QED) is 0.533. The van der Waals surface area contributed by atoms with Gasteiger partial charge in [0.25, 0.3) is 0 Å². The first-order chi connectivity index (χ1) is 4.74. The Labute approximate surface area is 65.7 Å². The van der Waals surface area contributed by atoms with Crippen molar-refractivity contribution in [3.63, 3.8) is 0 Å². The molecule has 0 saturated heterocycles. The van der Waals surface area contributed by atoms with Crippen LogP contribution in [0.1, 0.15) is 20.3 Å². The molecule has 0 spiro atoms. The summed E-state index contributed by atoms with van der Waals surface area (Å²) in [6.45, 7) is 12.2. The Kier molecular flexibility index (Phi) is 4.37. The fourth-order valence-corrected chi connectivity index (χ4v) is 3.66. The molecule has 0 aromatic carbocycles.